The van der Waals surface area contributed by atoms with E-state index in [9.17, 15) is 0 Å². The topological polar surface area (TPSA) is 56.3 Å². The highest BCUT2D eigenvalue weighted by Crippen LogP contribution is 2.24. The molecule has 20 heavy (non-hydrogen) atoms. The van der Waals surface area contributed by atoms with Crippen LogP contribution in [-0.2, 0) is 6.42 Å². The molecule has 1 aliphatic rings. The van der Waals surface area contributed by atoms with E-state index in [0.29, 0.717) is 17.4 Å². The molecule has 0 amide bonds. The molecule has 1 aromatic heterocycles. The van der Waals surface area contributed by atoms with Crippen LogP contribution < -0.4 is 14.8 Å². The van der Waals surface area contributed by atoms with Crippen LogP contribution in [0.5, 0.6) is 17.2 Å². The maximum atomic E-state index is 5.70. The Morgan fingerprint density at radius 3 is 2.55 bits per heavy atom. The molecule has 0 atom stereocenters. The summed E-state index contributed by atoms with van der Waals surface area (Å²) in [6.07, 6.45) is 4.36. The number of nitrogens with one attached hydrogen (secondary N) is 1. The number of hydrogen-bond donors (Lipinski definition) is 1. The number of aromatic nitrogens is 2. The normalized spacial score (nSPS) is 14.7. The molecule has 1 fully saturated rings. The lowest BCUT2D eigenvalue weighted by molar-refractivity contribution is 0.340. The zero-order valence-electron chi connectivity index (χ0n) is 11.4. The number of ether oxygens (including phenoxy) is 2. The van der Waals surface area contributed by atoms with Crippen molar-refractivity contribution in [1.29, 1.82) is 0 Å². The van der Waals surface area contributed by atoms with Crippen molar-refractivity contribution < 1.29 is 9.47 Å². The molecule has 3 rings (SSSR count). The number of hydrogen-bond acceptors (Lipinski definition) is 5. The van der Waals surface area contributed by atoms with Crippen LogP contribution in [0.15, 0.2) is 36.7 Å². The Balaban J connectivity index is 1.64. The number of benzene rings is 1. The lowest BCUT2D eigenvalue weighted by Gasteiger charge is -2.26. The molecule has 0 aliphatic carbocycles. The quantitative estimate of drug-likeness (QED) is 0.902. The maximum absolute atomic E-state index is 5.70. The fraction of sp³-hybridized carbons (Fsp3) is 0.333. The molecule has 2 aromatic rings. The minimum atomic E-state index is 0.633. The Bertz CT molecular complexity index is 568. The molecule has 1 aromatic carbocycles. The standard InChI is InChI=1S/C15H17N3O2/c1-19-12-3-2-4-13(6-12)20-14-9-17-15(18-10-14)5-11-7-16-8-11/h2-4,6,9-11,16H,5,7-8H2,1H3. The average molecular weight is 271 g/mol. The molecule has 5 heteroatoms. The second-order valence-electron chi connectivity index (χ2n) is 4.84. The Morgan fingerprint density at radius 2 is 1.90 bits per heavy atom. The van der Waals surface area contributed by atoms with E-state index in [2.05, 4.69) is 15.3 Å². The molecule has 0 saturated carbocycles. The van der Waals surface area contributed by atoms with Crippen molar-refractivity contribution in [2.75, 3.05) is 20.2 Å². The van der Waals surface area contributed by atoms with Gasteiger partial charge in [-0.15, -0.1) is 0 Å². The van der Waals surface area contributed by atoms with Crippen molar-refractivity contribution in [3.63, 3.8) is 0 Å². The van der Waals surface area contributed by atoms with Gasteiger partial charge in [-0.2, -0.15) is 0 Å². The van der Waals surface area contributed by atoms with Crippen LogP contribution in [0.2, 0.25) is 0 Å². The number of rotatable bonds is 5. The molecule has 0 bridgehead atoms. The molecular weight excluding hydrogens is 254 g/mol. The summed E-state index contributed by atoms with van der Waals surface area (Å²) in [6.45, 7) is 2.12. The van der Waals surface area contributed by atoms with Crippen LogP contribution in [-0.4, -0.2) is 30.2 Å². The van der Waals surface area contributed by atoms with Gasteiger partial charge in [0.1, 0.15) is 17.3 Å². The van der Waals surface area contributed by atoms with E-state index >= 15 is 0 Å². The summed E-state index contributed by atoms with van der Waals surface area (Å²) >= 11 is 0. The number of methoxy groups -OCH3 is 1. The summed E-state index contributed by atoms with van der Waals surface area (Å²) in [7, 11) is 1.63. The van der Waals surface area contributed by atoms with E-state index in [0.717, 1.165) is 31.1 Å². The van der Waals surface area contributed by atoms with Gasteiger partial charge in [0, 0.05) is 12.5 Å². The Labute approximate surface area is 118 Å². The minimum Gasteiger partial charge on any atom is -0.497 e. The Kier molecular flexibility index (Phi) is 3.78. The van der Waals surface area contributed by atoms with Crippen molar-refractivity contribution in [3.8, 4) is 17.2 Å². The van der Waals surface area contributed by atoms with Crippen molar-refractivity contribution >= 4 is 0 Å². The Morgan fingerprint density at radius 1 is 1.15 bits per heavy atom. The third-order valence-corrected chi connectivity index (χ3v) is 3.30. The number of nitrogens with zero attached hydrogens (tertiary/aromatic N) is 2. The summed E-state index contributed by atoms with van der Waals surface area (Å²) in [4.78, 5) is 8.69. The molecular formula is C15H17N3O2. The van der Waals surface area contributed by atoms with E-state index in [1.165, 1.54) is 0 Å². The van der Waals surface area contributed by atoms with E-state index in [1.54, 1.807) is 19.5 Å². The fourth-order valence-corrected chi connectivity index (χ4v) is 2.05. The van der Waals surface area contributed by atoms with Crippen LogP contribution in [0.4, 0.5) is 0 Å². The first kappa shape index (κ1) is 12.9. The average Bonchev–Trinajstić information content (AvgIpc) is 2.45. The van der Waals surface area contributed by atoms with Crippen LogP contribution in [0.3, 0.4) is 0 Å². The molecule has 1 saturated heterocycles. The third-order valence-electron chi connectivity index (χ3n) is 3.30. The molecule has 2 heterocycles. The molecule has 0 spiro atoms. The smallest absolute Gasteiger partial charge is 0.164 e. The highest BCUT2D eigenvalue weighted by atomic mass is 16.5. The van der Waals surface area contributed by atoms with Gasteiger partial charge in [-0.25, -0.2) is 9.97 Å². The highest BCUT2D eigenvalue weighted by Gasteiger charge is 2.18. The first-order valence-electron chi connectivity index (χ1n) is 6.67. The van der Waals surface area contributed by atoms with Crippen LogP contribution in [0.1, 0.15) is 5.82 Å². The van der Waals surface area contributed by atoms with Gasteiger partial charge in [0.25, 0.3) is 0 Å². The van der Waals surface area contributed by atoms with Crippen LogP contribution >= 0.6 is 0 Å². The van der Waals surface area contributed by atoms with Gasteiger partial charge in [-0.3, -0.25) is 0 Å². The van der Waals surface area contributed by atoms with Gasteiger partial charge in [0.15, 0.2) is 5.75 Å². The zero-order chi connectivity index (χ0) is 13.8. The van der Waals surface area contributed by atoms with Crippen molar-refractivity contribution in [3.05, 3.63) is 42.5 Å². The van der Waals surface area contributed by atoms with Gasteiger partial charge < -0.3 is 14.8 Å². The lowest BCUT2D eigenvalue weighted by Crippen LogP contribution is -2.43. The highest BCUT2D eigenvalue weighted by molar-refractivity contribution is 5.35. The molecule has 104 valence electrons. The van der Waals surface area contributed by atoms with Crippen LogP contribution in [0.25, 0.3) is 0 Å². The van der Waals surface area contributed by atoms with Crippen molar-refractivity contribution in [2.45, 2.75) is 6.42 Å². The lowest BCUT2D eigenvalue weighted by atomic mass is 9.99. The molecule has 0 radical (unpaired) electrons. The van der Waals surface area contributed by atoms with E-state index < -0.39 is 0 Å². The Hall–Kier alpha value is -2.14. The molecule has 0 unspecified atom stereocenters. The summed E-state index contributed by atoms with van der Waals surface area (Å²) in [5.74, 6) is 3.64. The predicted molar refractivity (Wildman–Crippen MR) is 75.2 cm³/mol. The molecule has 1 aliphatic heterocycles. The first-order chi connectivity index (χ1) is 9.83. The van der Waals surface area contributed by atoms with E-state index in [4.69, 9.17) is 9.47 Å². The third kappa shape index (κ3) is 3.05. The second-order valence-corrected chi connectivity index (χ2v) is 4.84. The summed E-state index contributed by atoms with van der Waals surface area (Å²) in [5.41, 5.74) is 0. The van der Waals surface area contributed by atoms with Gasteiger partial charge >= 0.3 is 0 Å². The maximum Gasteiger partial charge on any atom is 0.164 e. The zero-order valence-corrected chi connectivity index (χ0v) is 11.4. The molecule has 1 N–H and O–H groups in total. The second kappa shape index (κ2) is 5.88. The minimum absolute atomic E-state index is 0.633. The summed E-state index contributed by atoms with van der Waals surface area (Å²) < 4.78 is 10.9. The van der Waals surface area contributed by atoms with E-state index in [-0.39, 0.29) is 0 Å². The van der Waals surface area contributed by atoms with Gasteiger partial charge in [0.05, 0.1) is 19.5 Å². The summed E-state index contributed by atoms with van der Waals surface area (Å²) in [6, 6.07) is 7.45. The van der Waals surface area contributed by atoms with Crippen LogP contribution in [0, 0.1) is 5.92 Å². The monoisotopic (exact) mass is 271 g/mol. The largest absolute Gasteiger partial charge is 0.497 e. The van der Waals surface area contributed by atoms with Gasteiger partial charge in [0.2, 0.25) is 0 Å². The van der Waals surface area contributed by atoms with Crippen molar-refractivity contribution in [2.24, 2.45) is 5.92 Å². The van der Waals surface area contributed by atoms with Gasteiger partial charge in [-0.1, -0.05) is 6.07 Å². The fourth-order valence-electron chi connectivity index (χ4n) is 2.05. The molecule has 5 nitrogen and oxygen atoms in total. The SMILES string of the molecule is COc1cccc(Oc2cnc(CC3CNC3)nc2)c1. The predicted octanol–water partition coefficient (Wildman–Crippen LogP) is 2.04. The van der Waals surface area contributed by atoms with Gasteiger partial charge in [-0.05, 0) is 31.1 Å². The van der Waals surface area contributed by atoms with Crippen molar-refractivity contribution in [1.82, 2.24) is 15.3 Å². The van der Waals surface area contributed by atoms with E-state index in [1.807, 2.05) is 24.3 Å². The summed E-state index contributed by atoms with van der Waals surface area (Å²) in [5, 5.41) is 3.24. The first-order valence-corrected chi connectivity index (χ1v) is 6.67.